The van der Waals surface area contributed by atoms with Crippen LogP contribution in [0.1, 0.15) is 39.5 Å². The van der Waals surface area contributed by atoms with E-state index in [1.54, 1.807) is 6.92 Å². The average molecular weight is 170 g/mol. The van der Waals surface area contributed by atoms with Crippen LogP contribution in [0.4, 0.5) is 0 Å². The molecule has 1 rings (SSSR count). The molecular weight excluding hydrogens is 152 g/mol. The van der Waals surface area contributed by atoms with Crippen LogP contribution in [0.3, 0.4) is 0 Å². The van der Waals surface area contributed by atoms with Crippen LogP contribution in [0.2, 0.25) is 0 Å². The summed E-state index contributed by atoms with van der Waals surface area (Å²) in [5.74, 6) is 0.747. The molecule has 0 heterocycles. The first-order valence-corrected chi connectivity index (χ1v) is 4.70. The highest BCUT2D eigenvalue weighted by molar-refractivity contribution is 5.81. The minimum Gasteiger partial charge on any atom is -0.396 e. The summed E-state index contributed by atoms with van der Waals surface area (Å²) in [6.07, 6.45) is 3.92. The quantitative estimate of drug-likeness (QED) is 0.685. The van der Waals surface area contributed by atoms with E-state index in [0.717, 1.165) is 25.7 Å². The van der Waals surface area contributed by atoms with Gasteiger partial charge >= 0.3 is 0 Å². The number of aliphatic hydroxyl groups excluding tert-OH is 1. The molecule has 0 unspecified atom stereocenters. The number of rotatable bonds is 2. The van der Waals surface area contributed by atoms with Crippen molar-refractivity contribution in [1.82, 2.24) is 0 Å². The van der Waals surface area contributed by atoms with Crippen molar-refractivity contribution >= 4 is 5.78 Å². The Morgan fingerprint density at radius 1 is 1.50 bits per heavy atom. The van der Waals surface area contributed by atoms with E-state index in [1.165, 1.54) is 0 Å². The van der Waals surface area contributed by atoms with Gasteiger partial charge in [-0.15, -0.1) is 0 Å². The summed E-state index contributed by atoms with van der Waals surface area (Å²) < 4.78 is 0. The molecule has 0 bridgehead atoms. The Morgan fingerprint density at radius 3 is 2.33 bits per heavy atom. The molecule has 0 aliphatic heterocycles. The lowest BCUT2D eigenvalue weighted by Gasteiger charge is -2.34. The number of carbonyl (C=O) groups excluding carboxylic acids is 1. The number of aliphatic hydroxyl groups is 1. The smallest absolute Gasteiger partial charge is 0.135 e. The van der Waals surface area contributed by atoms with E-state index in [2.05, 4.69) is 0 Å². The summed E-state index contributed by atoms with van der Waals surface area (Å²) in [6.45, 7) is 4.01. The van der Waals surface area contributed by atoms with Crippen molar-refractivity contribution in [2.75, 3.05) is 6.61 Å². The molecule has 70 valence electrons. The van der Waals surface area contributed by atoms with Crippen LogP contribution in [0.15, 0.2) is 0 Å². The van der Waals surface area contributed by atoms with E-state index in [-0.39, 0.29) is 12.0 Å². The SMILES string of the molecule is CC(=O)C1(C)CCC(CO)CC1. The van der Waals surface area contributed by atoms with Gasteiger partial charge in [0.25, 0.3) is 0 Å². The maximum Gasteiger partial charge on any atom is 0.135 e. The molecule has 1 saturated carbocycles. The summed E-state index contributed by atoms with van der Waals surface area (Å²) in [5, 5.41) is 8.91. The number of ketones is 1. The molecule has 0 aromatic rings. The highest BCUT2D eigenvalue weighted by Gasteiger charge is 2.34. The second kappa shape index (κ2) is 3.56. The molecule has 2 nitrogen and oxygen atoms in total. The molecule has 12 heavy (non-hydrogen) atoms. The van der Waals surface area contributed by atoms with Crippen molar-refractivity contribution in [2.24, 2.45) is 11.3 Å². The second-order valence-corrected chi connectivity index (χ2v) is 4.24. The number of carbonyl (C=O) groups is 1. The lowest BCUT2D eigenvalue weighted by atomic mass is 9.70. The fourth-order valence-corrected chi connectivity index (χ4v) is 1.85. The van der Waals surface area contributed by atoms with Gasteiger partial charge in [0.2, 0.25) is 0 Å². The first-order chi connectivity index (χ1) is 5.58. The predicted octanol–water partition coefficient (Wildman–Crippen LogP) is 1.76. The Hall–Kier alpha value is -0.370. The van der Waals surface area contributed by atoms with Crippen molar-refractivity contribution in [3.05, 3.63) is 0 Å². The van der Waals surface area contributed by atoms with Crippen LogP contribution in [-0.4, -0.2) is 17.5 Å². The molecule has 0 aromatic carbocycles. The maximum absolute atomic E-state index is 11.3. The van der Waals surface area contributed by atoms with Crippen LogP contribution in [0.5, 0.6) is 0 Å². The molecule has 1 aliphatic rings. The summed E-state index contributed by atoms with van der Waals surface area (Å²) in [6, 6.07) is 0. The molecule has 1 fully saturated rings. The second-order valence-electron chi connectivity index (χ2n) is 4.24. The van der Waals surface area contributed by atoms with E-state index in [0.29, 0.717) is 11.7 Å². The average Bonchev–Trinajstić information content (AvgIpc) is 2.06. The molecule has 0 radical (unpaired) electrons. The van der Waals surface area contributed by atoms with Gasteiger partial charge in [-0.2, -0.15) is 0 Å². The Bertz CT molecular complexity index is 167. The zero-order valence-corrected chi connectivity index (χ0v) is 7.97. The van der Waals surface area contributed by atoms with Gasteiger partial charge in [0.05, 0.1) is 0 Å². The summed E-state index contributed by atoms with van der Waals surface area (Å²) in [7, 11) is 0. The summed E-state index contributed by atoms with van der Waals surface area (Å²) in [4.78, 5) is 11.3. The minimum atomic E-state index is -0.0916. The van der Waals surface area contributed by atoms with Crippen LogP contribution in [-0.2, 0) is 4.79 Å². The number of Topliss-reactive ketones (excluding diaryl/α,β-unsaturated/α-hetero) is 1. The predicted molar refractivity (Wildman–Crippen MR) is 47.8 cm³/mol. The van der Waals surface area contributed by atoms with Gasteiger partial charge in [-0.05, 0) is 38.5 Å². The van der Waals surface area contributed by atoms with Crippen LogP contribution < -0.4 is 0 Å². The molecule has 2 heteroatoms. The summed E-state index contributed by atoms with van der Waals surface area (Å²) in [5.41, 5.74) is -0.0916. The van der Waals surface area contributed by atoms with Crippen molar-refractivity contribution < 1.29 is 9.90 Å². The topological polar surface area (TPSA) is 37.3 Å². The van der Waals surface area contributed by atoms with Gasteiger partial charge in [0.1, 0.15) is 5.78 Å². The van der Waals surface area contributed by atoms with Gasteiger partial charge in [0, 0.05) is 12.0 Å². The van der Waals surface area contributed by atoms with Crippen molar-refractivity contribution in [2.45, 2.75) is 39.5 Å². The Morgan fingerprint density at radius 2 is 2.00 bits per heavy atom. The maximum atomic E-state index is 11.3. The van der Waals surface area contributed by atoms with E-state index >= 15 is 0 Å². The van der Waals surface area contributed by atoms with Gasteiger partial charge in [-0.3, -0.25) is 4.79 Å². The highest BCUT2D eigenvalue weighted by Crippen LogP contribution is 2.38. The van der Waals surface area contributed by atoms with Gasteiger partial charge < -0.3 is 5.11 Å². The van der Waals surface area contributed by atoms with Crippen molar-refractivity contribution in [3.8, 4) is 0 Å². The van der Waals surface area contributed by atoms with E-state index in [9.17, 15) is 4.79 Å². The van der Waals surface area contributed by atoms with Crippen LogP contribution >= 0.6 is 0 Å². The lowest BCUT2D eigenvalue weighted by Crippen LogP contribution is -2.31. The Labute approximate surface area is 74.0 Å². The molecule has 0 saturated heterocycles. The first kappa shape index (κ1) is 9.72. The highest BCUT2D eigenvalue weighted by atomic mass is 16.3. The van der Waals surface area contributed by atoms with Gasteiger partial charge in [-0.1, -0.05) is 6.92 Å². The molecule has 1 aliphatic carbocycles. The fourth-order valence-electron chi connectivity index (χ4n) is 1.85. The Balaban J connectivity index is 2.49. The number of hydrogen-bond acceptors (Lipinski definition) is 2. The fraction of sp³-hybridized carbons (Fsp3) is 0.900. The minimum absolute atomic E-state index is 0.0916. The largest absolute Gasteiger partial charge is 0.396 e. The third-order valence-electron chi connectivity index (χ3n) is 3.32. The lowest BCUT2D eigenvalue weighted by molar-refractivity contribution is -0.128. The zero-order chi connectivity index (χ0) is 9.19. The summed E-state index contributed by atoms with van der Waals surface area (Å²) >= 11 is 0. The number of hydrogen-bond donors (Lipinski definition) is 1. The third-order valence-corrected chi connectivity index (χ3v) is 3.32. The first-order valence-electron chi connectivity index (χ1n) is 4.70. The van der Waals surface area contributed by atoms with Gasteiger partial charge in [-0.25, -0.2) is 0 Å². The zero-order valence-electron chi connectivity index (χ0n) is 7.97. The monoisotopic (exact) mass is 170 g/mol. The standard InChI is InChI=1S/C10H18O2/c1-8(12)10(2)5-3-9(7-11)4-6-10/h9,11H,3-7H2,1-2H3. The molecule has 1 N–H and O–H groups in total. The van der Waals surface area contributed by atoms with Crippen molar-refractivity contribution in [1.29, 1.82) is 0 Å². The third kappa shape index (κ3) is 1.86. The van der Waals surface area contributed by atoms with E-state index in [1.807, 2.05) is 6.92 Å². The molecule has 0 aromatic heterocycles. The van der Waals surface area contributed by atoms with Gasteiger partial charge in [0.15, 0.2) is 0 Å². The normalized spacial score (nSPS) is 36.4. The molecule has 0 spiro atoms. The van der Waals surface area contributed by atoms with E-state index in [4.69, 9.17) is 5.11 Å². The Kier molecular flexibility index (Phi) is 2.89. The van der Waals surface area contributed by atoms with Crippen LogP contribution in [0.25, 0.3) is 0 Å². The van der Waals surface area contributed by atoms with Crippen molar-refractivity contribution in [3.63, 3.8) is 0 Å². The molecule has 0 atom stereocenters. The van der Waals surface area contributed by atoms with E-state index < -0.39 is 0 Å². The molecular formula is C10H18O2. The van der Waals surface area contributed by atoms with Crippen LogP contribution in [0, 0.1) is 11.3 Å². The molecule has 0 amide bonds.